The number of nitrogens with zero attached hydrogens (tertiary/aromatic N) is 2. The third-order valence-electron chi connectivity index (χ3n) is 3.04. The topological polar surface area (TPSA) is 62.0 Å². The molecule has 0 aliphatic heterocycles. The Labute approximate surface area is 151 Å². The lowest BCUT2D eigenvalue weighted by Gasteiger charge is -2.19. The van der Waals surface area contributed by atoms with Crippen LogP contribution in [0.15, 0.2) is 24.4 Å². The van der Waals surface area contributed by atoms with Crippen molar-refractivity contribution in [2.24, 2.45) is 0 Å². The van der Waals surface area contributed by atoms with E-state index in [1.165, 1.54) is 0 Å². The maximum atomic E-state index is 11.5. The lowest BCUT2D eigenvalue weighted by molar-refractivity contribution is -0.160. The van der Waals surface area contributed by atoms with E-state index in [0.29, 0.717) is 22.0 Å². The molecule has 1 aromatic carbocycles. The number of carbonyl (C=O) groups excluding carboxylic acids is 1. The van der Waals surface area contributed by atoms with E-state index in [2.05, 4.69) is 9.83 Å². The molecule has 0 aliphatic rings. The highest BCUT2D eigenvalue weighted by Crippen LogP contribution is 2.34. The third-order valence-corrected chi connectivity index (χ3v) is 3.34. The Morgan fingerprint density at radius 2 is 2.08 bits per heavy atom. The Hall–Kier alpha value is -2.36. The molecule has 0 spiro atoms. The van der Waals surface area contributed by atoms with Gasteiger partial charge in [0.25, 0.3) is 0 Å². The first-order chi connectivity index (χ1) is 11.8. The lowest BCUT2D eigenvalue weighted by atomic mass is 10.1. The fourth-order valence-corrected chi connectivity index (χ4v) is 2.31. The van der Waals surface area contributed by atoms with E-state index in [4.69, 9.17) is 32.4 Å². The number of esters is 1. The molecule has 1 aromatic heterocycles. The number of carbonyl (C=O) groups is 1. The van der Waals surface area contributed by atoms with E-state index < -0.39 is 11.6 Å². The maximum absolute atomic E-state index is 11.5. The van der Waals surface area contributed by atoms with Crippen molar-refractivity contribution in [1.29, 1.82) is 0 Å². The Balaban J connectivity index is 1.92. The zero-order valence-corrected chi connectivity index (χ0v) is 15.1. The first-order valence-electron chi connectivity index (χ1n) is 7.68. The summed E-state index contributed by atoms with van der Waals surface area (Å²) in [5.74, 6) is -0.0313. The third kappa shape index (κ3) is 5.59. The summed E-state index contributed by atoms with van der Waals surface area (Å²) in [6.45, 7) is 12.9. The molecule has 25 heavy (non-hydrogen) atoms. The summed E-state index contributed by atoms with van der Waals surface area (Å²) in [7, 11) is 0. The largest absolute Gasteiger partial charge is 0.502 e. The first kappa shape index (κ1) is 19.0. The van der Waals surface area contributed by atoms with Crippen LogP contribution in [0.5, 0.6) is 5.75 Å². The molecule has 0 aliphatic carbocycles. The highest BCUT2D eigenvalue weighted by Gasteiger charge is 2.16. The predicted octanol–water partition coefficient (Wildman–Crippen LogP) is 4.18. The molecule has 0 unspecified atom stereocenters. The van der Waals surface area contributed by atoms with Crippen molar-refractivity contribution in [3.05, 3.63) is 41.0 Å². The van der Waals surface area contributed by atoms with Crippen LogP contribution in [0.3, 0.4) is 0 Å². The van der Waals surface area contributed by atoms with Crippen LogP contribution in [0.1, 0.15) is 20.8 Å². The molecule has 0 saturated carbocycles. The van der Waals surface area contributed by atoms with E-state index in [1.54, 1.807) is 45.2 Å². The van der Waals surface area contributed by atoms with Gasteiger partial charge >= 0.3 is 5.97 Å². The van der Waals surface area contributed by atoms with Crippen LogP contribution in [-0.2, 0) is 14.3 Å². The zero-order valence-electron chi connectivity index (χ0n) is 14.3. The molecule has 0 bridgehead atoms. The standard InChI is InChI=1S/C18H19ClN2O4/c1-18(2,3)25-16(22)11-23-7-8-24-15-10-13-12(9-14(15)20-4)5-6-21-17(13)19/h5-6,9-10H,7-8,11H2,1-3H3. The van der Waals surface area contributed by atoms with Crippen LogP contribution in [0, 0.1) is 6.57 Å². The van der Waals surface area contributed by atoms with Gasteiger partial charge in [-0.1, -0.05) is 11.6 Å². The Bertz CT molecular complexity index is 809. The molecule has 0 atom stereocenters. The van der Waals surface area contributed by atoms with Gasteiger partial charge in [0.05, 0.1) is 13.2 Å². The summed E-state index contributed by atoms with van der Waals surface area (Å²) in [5.41, 5.74) is -0.165. The second kappa shape index (κ2) is 8.15. The van der Waals surface area contributed by atoms with Crippen molar-refractivity contribution in [1.82, 2.24) is 4.98 Å². The van der Waals surface area contributed by atoms with Crippen molar-refractivity contribution < 1.29 is 19.0 Å². The number of pyridine rings is 1. The van der Waals surface area contributed by atoms with Crippen molar-refractivity contribution in [3.8, 4) is 5.75 Å². The molecule has 6 nitrogen and oxygen atoms in total. The summed E-state index contributed by atoms with van der Waals surface area (Å²) in [5, 5.41) is 1.88. The van der Waals surface area contributed by atoms with Crippen molar-refractivity contribution in [3.63, 3.8) is 0 Å². The molecule has 2 aromatic rings. The van der Waals surface area contributed by atoms with Gasteiger partial charge < -0.3 is 14.2 Å². The van der Waals surface area contributed by atoms with Crippen molar-refractivity contribution >= 4 is 34.0 Å². The minimum atomic E-state index is -0.542. The van der Waals surface area contributed by atoms with E-state index in [1.807, 2.05) is 0 Å². The highest BCUT2D eigenvalue weighted by atomic mass is 35.5. The molecule has 2 rings (SSSR count). The first-order valence-corrected chi connectivity index (χ1v) is 8.06. The molecule has 0 fully saturated rings. The molecule has 0 N–H and O–H groups in total. The second-order valence-corrected chi connectivity index (χ2v) is 6.60. The van der Waals surface area contributed by atoms with Crippen molar-refractivity contribution in [2.75, 3.05) is 19.8 Å². The monoisotopic (exact) mass is 362 g/mol. The average molecular weight is 363 g/mol. The van der Waals surface area contributed by atoms with E-state index in [9.17, 15) is 4.79 Å². The predicted molar refractivity (Wildman–Crippen MR) is 95.2 cm³/mol. The number of hydrogen-bond acceptors (Lipinski definition) is 5. The molecule has 132 valence electrons. The molecular formula is C18H19ClN2O4. The summed E-state index contributed by atoms with van der Waals surface area (Å²) >= 11 is 6.08. The number of halogens is 1. The number of aromatic nitrogens is 1. The number of rotatable bonds is 6. The van der Waals surface area contributed by atoms with Gasteiger partial charge in [0.1, 0.15) is 29.7 Å². The summed E-state index contributed by atoms with van der Waals surface area (Å²) in [6, 6.07) is 5.17. The Morgan fingerprint density at radius 1 is 1.32 bits per heavy atom. The minimum Gasteiger partial charge on any atom is -0.502 e. The summed E-state index contributed by atoms with van der Waals surface area (Å²) in [6.07, 6.45) is 1.59. The van der Waals surface area contributed by atoms with Gasteiger partial charge in [0, 0.05) is 11.6 Å². The fraction of sp³-hybridized carbons (Fsp3) is 0.389. The van der Waals surface area contributed by atoms with Gasteiger partial charge in [-0.05, 0) is 44.4 Å². The van der Waals surface area contributed by atoms with Crippen LogP contribution >= 0.6 is 11.6 Å². The zero-order chi connectivity index (χ0) is 18.4. The maximum Gasteiger partial charge on any atom is 0.332 e. The molecule has 1 heterocycles. The molecule has 0 saturated heterocycles. The minimum absolute atomic E-state index is 0.149. The normalized spacial score (nSPS) is 11.2. The number of fused-ring (bicyclic) bond motifs is 1. The quantitative estimate of drug-likeness (QED) is 0.334. The molecule has 0 amide bonds. The van der Waals surface area contributed by atoms with Gasteiger partial charge in [-0.3, -0.25) is 0 Å². The SMILES string of the molecule is [C-]#[N+]c1cc2ccnc(Cl)c2cc1OCCOCC(=O)OC(C)(C)C. The average Bonchev–Trinajstić information content (AvgIpc) is 2.53. The molecule has 7 heteroatoms. The molecular weight excluding hydrogens is 344 g/mol. The van der Waals surface area contributed by atoms with Crippen LogP contribution < -0.4 is 4.74 Å². The Morgan fingerprint density at radius 3 is 2.76 bits per heavy atom. The lowest BCUT2D eigenvalue weighted by Crippen LogP contribution is -2.27. The summed E-state index contributed by atoms with van der Waals surface area (Å²) in [4.78, 5) is 19.0. The summed E-state index contributed by atoms with van der Waals surface area (Å²) < 4.78 is 16.0. The number of hydrogen-bond donors (Lipinski definition) is 0. The van der Waals surface area contributed by atoms with Crippen LogP contribution in [0.2, 0.25) is 5.15 Å². The van der Waals surface area contributed by atoms with Crippen LogP contribution in [-0.4, -0.2) is 36.4 Å². The molecule has 0 radical (unpaired) electrons. The van der Waals surface area contributed by atoms with Crippen LogP contribution in [0.25, 0.3) is 15.6 Å². The van der Waals surface area contributed by atoms with Gasteiger partial charge in [-0.15, -0.1) is 0 Å². The number of benzene rings is 1. The fourth-order valence-electron chi connectivity index (χ4n) is 2.09. The van der Waals surface area contributed by atoms with Gasteiger partial charge in [-0.2, -0.15) is 0 Å². The highest BCUT2D eigenvalue weighted by molar-refractivity contribution is 6.34. The van der Waals surface area contributed by atoms with E-state index in [0.717, 1.165) is 5.39 Å². The van der Waals surface area contributed by atoms with Gasteiger partial charge in [-0.25, -0.2) is 14.6 Å². The van der Waals surface area contributed by atoms with E-state index >= 15 is 0 Å². The van der Waals surface area contributed by atoms with Gasteiger partial charge in [0.2, 0.25) is 5.69 Å². The second-order valence-electron chi connectivity index (χ2n) is 6.24. The number of ether oxygens (including phenoxy) is 3. The van der Waals surface area contributed by atoms with Crippen molar-refractivity contribution in [2.45, 2.75) is 26.4 Å². The smallest absolute Gasteiger partial charge is 0.332 e. The van der Waals surface area contributed by atoms with Crippen LogP contribution in [0.4, 0.5) is 5.69 Å². The van der Waals surface area contributed by atoms with E-state index in [-0.39, 0.29) is 19.8 Å². The Kier molecular flexibility index (Phi) is 6.18. The van der Waals surface area contributed by atoms with Gasteiger partial charge in [0.15, 0.2) is 0 Å².